The maximum Gasteiger partial charge on any atom is 0.339 e. The van der Waals surface area contributed by atoms with Crippen molar-refractivity contribution in [2.24, 2.45) is 0 Å². The first-order chi connectivity index (χ1) is 12.4. The van der Waals surface area contributed by atoms with E-state index in [9.17, 15) is 9.59 Å². The zero-order valence-corrected chi connectivity index (χ0v) is 15.3. The summed E-state index contributed by atoms with van der Waals surface area (Å²) >= 11 is 0. The van der Waals surface area contributed by atoms with Gasteiger partial charge in [-0.1, -0.05) is 0 Å². The highest BCUT2D eigenvalue weighted by atomic mass is 16.5. The zero-order chi connectivity index (χ0) is 18.8. The largest absolute Gasteiger partial charge is 0.462 e. The van der Waals surface area contributed by atoms with Crippen molar-refractivity contribution >= 4 is 33.7 Å². The molecule has 0 atom stereocenters. The Morgan fingerprint density at radius 1 is 0.769 bits per heavy atom. The second kappa shape index (κ2) is 7.07. The first-order valence-corrected chi connectivity index (χ1v) is 8.51. The first-order valence-electron chi connectivity index (χ1n) is 8.51. The topological polar surface area (TPSA) is 78.4 Å². The molecule has 134 valence electrons. The van der Waals surface area contributed by atoms with Crippen LogP contribution in [0.15, 0.2) is 24.3 Å². The fourth-order valence-electron chi connectivity index (χ4n) is 2.87. The van der Waals surface area contributed by atoms with Crippen LogP contribution in [0.4, 0.5) is 0 Å². The molecule has 0 saturated carbocycles. The molecule has 6 nitrogen and oxygen atoms in total. The lowest BCUT2D eigenvalue weighted by Gasteiger charge is -2.10. The number of nitrogens with zero attached hydrogens (tertiary/aromatic N) is 2. The van der Waals surface area contributed by atoms with E-state index >= 15 is 0 Å². The number of esters is 2. The molecule has 0 bridgehead atoms. The van der Waals surface area contributed by atoms with Crippen molar-refractivity contribution in [2.75, 3.05) is 13.2 Å². The maximum atomic E-state index is 12.1. The molecule has 0 amide bonds. The van der Waals surface area contributed by atoms with Crippen LogP contribution in [0, 0.1) is 13.8 Å². The molecule has 3 rings (SSSR count). The van der Waals surface area contributed by atoms with Crippen molar-refractivity contribution < 1.29 is 19.1 Å². The summed E-state index contributed by atoms with van der Waals surface area (Å²) in [6, 6.07) is 7.25. The van der Waals surface area contributed by atoms with Crippen LogP contribution in [0.25, 0.3) is 21.8 Å². The molecule has 0 N–H and O–H groups in total. The Hall–Kier alpha value is -3.02. The standard InChI is InChI=1S/C20H20N2O4/c1-5-25-19(23)15-8-13-7-14-9-16(20(24)26-6-2)12(4)22-18(14)10-17(13)21-11(15)3/h7-10H,5-6H2,1-4H3. The number of aromatic nitrogens is 2. The molecule has 0 aliphatic heterocycles. The molecule has 6 heteroatoms. The summed E-state index contributed by atoms with van der Waals surface area (Å²) in [6.07, 6.45) is 0. The minimum absolute atomic E-state index is 0.306. The minimum Gasteiger partial charge on any atom is -0.462 e. The van der Waals surface area contributed by atoms with Crippen LogP contribution in [0.1, 0.15) is 46.0 Å². The highest BCUT2D eigenvalue weighted by Gasteiger charge is 2.16. The number of benzene rings is 1. The fourth-order valence-corrected chi connectivity index (χ4v) is 2.87. The van der Waals surface area contributed by atoms with Crippen molar-refractivity contribution in [1.29, 1.82) is 0 Å². The highest BCUT2D eigenvalue weighted by molar-refractivity contribution is 6.02. The number of hydrogen-bond donors (Lipinski definition) is 0. The molecule has 1 aromatic carbocycles. The summed E-state index contributed by atoms with van der Waals surface area (Å²) in [4.78, 5) is 33.2. The van der Waals surface area contributed by atoms with Crippen LogP contribution in [0.5, 0.6) is 0 Å². The number of pyridine rings is 2. The molecule has 0 saturated heterocycles. The molecular weight excluding hydrogens is 332 g/mol. The predicted molar refractivity (Wildman–Crippen MR) is 98.4 cm³/mol. The summed E-state index contributed by atoms with van der Waals surface area (Å²) in [6.45, 7) is 7.69. The van der Waals surface area contributed by atoms with E-state index in [0.29, 0.717) is 35.7 Å². The van der Waals surface area contributed by atoms with E-state index in [1.54, 1.807) is 39.8 Å². The van der Waals surface area contributed by atoms with E-state index in [1.807, 2.05) is 12.1 Å². The third-order valence-corrected chi connectivity index (χ3v) is 4.12. The predicted octanol–water partition coefficient (Wildman–Crippen LogP) is 3.75. The van der Waals surface area contributed by atoms with Crippen molar-refractivity contribution in [3.8, 4) is 0 Å². The van der Waals surface area contributed by atoms with E-state index in [0.717, 1.165) is 21.8 Å². The Balaban J connectivity index is 2.18. The van der Waals surface area contributed by atoms with Gasteiger partial charge in [0.1, 0.15) is 0 Å². The van der Waals surface area contributed by atoms with Gasteiger partial charge in [0.2, 0.25) is 0 Å². The lowest BCUT2D eigenvalue weighted by atomic mass is 10.0. The zero-order valence-electron chi connectivity index (χ0n) is 15.3. The Kier molecular flexibility index (Phi) is 4.84. The summed E-state index contributed by atoms with van der Waals surface area (Å²) in [7, 11) is 0. The molecule has 0 radical (unpaired) electrons. The van der Waals surface area contributed by atoms with Crippen molar-refractivity contribution in [2.45, 2.75) is 27.7 Å². The van der Waals surface area contributed by atoms with Gasteiger partial charge in [0.25, 0.3) is 0 Å². The van der Waals surface area contributed by atoms with Crippen LogP contribution < -0.4 is 0 Å². The van der Waals surface area contributed by atoms with E-state index in [1.165, 1.54) is 0 Å². The van der Waals surface area contributed by atoms with Crippen LogP contribution >= 0.6 is 0 Å². The third-order valence-electron chi connectivity index (χ3n) is 4.12. The average molecular weight is 352 g/mol. The van der Waals surface area contributed by atoms with Gasteiger partial charge in [0, 0.05) is 10.8 Å². The Morgan fingerprint density at radius 3 is 1.58 bits per heavy atom. The molecule has 0 aliphatic rings. The lowest BCUT2D eigenvalue weighted by molar-refractivity contribution is 0.0515. The molecule has 3 aromatic rings. The number of rotatable bonds is 4. The number of carbonyl (C=O) groups is 2. The summed E-state index contributed by atoms with van der Waals surface area (Å²) in [5, 5.41) is 1.57. The van der Waals surface area contributed by atoms with Gasteiger partial charge in [-0.2, -0.15) is 0 Å². The molecule has 2 aromatic heterocycles. The first kappa shape index (κ1) is 17.8. The number of fused-ring (bicyclic) bond motifs is 2. The van der Waals surface area contributed by atoms with Crippen molar-refractivity contribution in [3.63, 3.8) is 0 Å². The third kappa shape index (κ3) is 3.22. The van der Waals surface area contributed by atoms with Gasteiger partial charge in [-0.3, -0.25) is 9.97 Å². The quantitative estimate of drug-likeness (QED) is 0.525. The van der Waals surface area contributed by atoms with Crippen LogP contribution in [-0.2, 0) is 9.47 Å². The maximum absolute atomic E-state index is 12.1. The Labute approximate surface area is 151 Å². The van der Waals surface area contributed by atoms with Crippen molar-refractivity contribution in [3.05, 3.63) is 46.8 Å². The van der Waals surface area contributed by atoms with Crippen LogP contribution in [0.2, 0.25) is 0 Å². The molecule has 26 heavy (non-hydrogen) atoms. The van der Waals surface area contributed by atoms with Crippen LogP contribution in [0.3, 0.4) is 0 Å². The molecule has 0 aliphatic carbocycles. The summed E-state index contributed by atoms with van der Waals surface area (Å²) in [5.74, 6) is -0.789. The van der Waals surface area contributed by atoms with Gasteiger partial charge in [-0.15, -0.1) is 0 Å². The number of ether oxygens (including phenoxy) is 2. The van der Waals surface area contributed by atoms with Gasteiger partial charge in [-0.25, -0.2) is 9.59 Å². The summed E-state index contributed by atoms with van der Waals surface area (Å²) < 4.78 is 10.2. The van der Waals surface area contributed by atoms with E-state index in [-0.39, 0.29) is 0 Å². The van der Waals surface area contributed by atoms with Gasteiger partial charge in [-0.05, 0) is 52.0 Å². The molecule has 0 unspecified atom stereocenters. The average Bonchev–Trinajstić information content (AvgIpc) is 2.59. The van der Waals surface area contributed by atoms with Gasteiger partial charge < -0.3 is 9.47 Å². The Bertz CT molecular complexity index is 948. The number of aryl methyl sites for hydroxylation is 2. The highest BCUT2D eigenvalue weighted by Crippen LogP contribution is 2.25. The number of carbonyl (C=O) groups excluding carboxylic acids is 2. The number of hydrogen-bond acceptors (Lipinski definition) is 6. The molecule has 0 fully saturated rings. The van der Waals surface area contributed by atoms with E-state index < -0.39 is 11.9 Å². The fraction of sp³-hybridized carbons (Fsp3) is 0.300. The van der Waals surface area contributed by atoms with Crippen LogP contribution in [-0.4, -0.2) is 35.1 Å². The Morgan fingerprint density at radius 2 is 1.19 bits per heavy atom. The molecule has 2 heterocycles. The second-order valence-corrected chi connectivity index (χ2v) is 5.92. The van der Waals surface area contributed by atoms with E-state index in [4.69, 9.17) is 9.47 Å². The minimum atomic E-state index is -0.395. The van der Waals surface area contributed by atoms with Gasteiger partial charge in [0.15, 0.2) is 0 Å². The van der Waals surface area contributed by atoms with E-state index in [2.05, 4.69) is 9.97 Å². The lowest BCUT2D eigenvalue weighted by Crippen LogP contribution is -2.09. The summed E-state index contributed by atoms with van der Waals surface area (Å²) in [5.41, 5.74) is 3.55. The van der Waals surface area contributed by atoms with Gasteiger partial charge in [0.05, 0.1) is 46.8 Å². The second-order valence-electron chi connectivity index (χ2n) is 5.92. The SMILES string of the molecule is CCOC(=O)c1cc2cc3cc(C(=O)OCC)c(C)nc3cc2nc1C. The monoisotopic (exact) mass is 352 g/mol. The smallest absolute Gasteiger partial charge is 0.339 e. The van der Waals surface area contributed by atoms with Crippen molar-refractivity contribution in [1.82, 2.24) is 9.97 Å². The molecular formula is C20H20N2O4. The van der Waals surface area contributed by atoms with Gasteiger partial charge >= 0.3 is 11.9 Å². The molecule has 0 spiro atoms. The normalized spacial score (nSPS) is 10.9.